The van der Waals surface area contributed by atoms with Crippen molar-refractivity contribution in [3.8, 4) is 0 Å². The van der Waals surface area contributed by atoms with E-state index in [1.54, 1.807) is 0 Å². The van der Waals surface area contributed by atoms with Crippen molar-refractivity contribution in [1.29, 1.82) is 0 Å². The molecule has 2 aliphatic rings. The molecule has 6 nitrogen and oxygen atoms in total. The van der Waals surface area contributed by atoms with E-state index in [1.165, 1.54) is 12.8 Å². The zero-order chi connectivity index (χ0) is 18.4. The average molecular weight is 399 g/mol. The molecular formula is C21H23ClN4O2. The minimum Gasteiger partial charge on any atom is -0.440 e. The van der Waals surface area contributed by atoms with E-state index in [4.69, 9.17) is 19.9 Å². The Balaban J connectivity index is 0.00000192. The molecule has 1 aliphatic carbocycles. The van der Waals surface area contributed by atoms with E-state index in [0.29, 0.717) is 25.0 Å². The van der Waals surface area contributed by atoms with Crippen molar-refractivity contribution < 1.29 is 9.15 Å². The first-order valence-electron chi connectivity index (χ1n) is 9.30. The first-order valence-corrected chi connectivity index (χ1v) is 9.30. The van der Waals surface area contributed by atoms with Crippen LogP contribution in [0, 0.1) is 0 Å². The molecule has 1 aromatic heterocycles. The Bertz CT molecular complexity index is 1040. The second-order valence-electron chi connectivity index (χ2n) is 7.55. The molecule has 1 fully saturated rings. The summed E-state index contributed by atoms with van der Waals surface area (Å²) in [7, 11) is 0. The first kappa shape index (κ1) is 18.8. The lowest BCUT2D eigenvalue weighted by atomic mass is 9.92. The third kappa shape index (κ3) is 3.45. The summed E-state index contributed by atoms with van der Waals surface area (Å²) >= 11 is 0. The summed E-state index contributed by atoms with van der Waals surface area (Å²) in [5, 5.41) is 3.48. The molecule has 5 rings (SSSR count). The minimum absolute atomic E-state index is 0. The van der Waals surface area contributed by atoms with Crippen LogP contribution in [0.25, 0.3) is 11.1 Å². The van der Waals surface area contributed by atoms with E-state index >= 15 is 0 Å². The molecular weight excluding hydrogens is 376 g/mol. The van der Waals surface area contributed by atoms with Crippen molar-refractivity contribution >= 4 is 40.7 Å². The van der Waals surface area contributed by atoms with Gasteiger partial charge in [-0.2, -0.15) is 0 Å². The molecule has 0 amide bonds. The van der Waals surface area contributed by atoms with Crippen LogP contribution in [0.4, 0.5) is 11.4 Å². The third-order valence-corrected chi connectivity index (χ3v) is 5.15. The molecule has 28 heavy (non-hydrogen) atoms. The van der Waals surface area contributed by atoms with Crippen molar-refractivity contribution in [3.05, 3.63) is 53.9 Å². The molecule has 1 atom stereocenters. The molecule has 1 unspecified atom stereocenters. The van der Waals surface area contributed by atoms with E-state index in [0.717, 1.165) is 33.9 Å². The van der Waals surface area contributed by atoms with Crippen molar-refractivity contribution in [2.45, 2.75) is 31.2 Å². The Morgan fingerprint density at radius 2 is 2.00 bits per heavy atom. The van der Waals surface area contributed by atoms with E-state index in [1.807, 2.05) is 37.3 Å². The molecule has 7 heteroatoms. The van der Waals surface area contributed by atoms with Gasteiger partial charge in [-0.25, -0.2) is 4.98 Å². The second kappa shape index (κ2) is 7.11. The van der Waals surface area contributed by atoms with Gasteiger partial charge in [-0.15, -0.1) is 12.4 Å². The van der Waals surface area contributed by atoms with Crippen molar-refractivity contribution in [1.82, 2.24) is 4.98 Å². The van der Waals surface area contributed by atoms with Gasteiger partial charge in [0.05, 0.1) is 12.3 Å². The summed E-state index contributed by atoms with van der Waals surface area (Å²) in [6, 6.07) is 14.2. The number of benzene rings is 2. The number of aliphatic imine (C=N–C) groups is 1. The highest BCUT2D eigenvalue weighted by molar-refractivity contribution is 5.89. The van der Waals surface area contributed by atoms with Gasteiger partial charge >= 0.3 is 0 Å². The number of oxazole rings is 1. The van der Waals surface area contributed by atoms with Crippen molar-refractivity contribution in [3.63, 3.8) is 0 Å². The van der Waals surface area contributed by atoms with Gasteiger partial charge in [-0.05, 0) is 49.6 Å². The van der Waals surface area contributed by atoms with Crippen LogP contribution in [0.15, 0.2) is 51.9 Å². The lowest BCUT2D eigenvalue weighted by Gasteiger charge is -2.30. The minimum atomic E-state index is -0.473. The van der Waals surface area contributed by atoms with Gasteiger partial charge < -0.3 is 20.2 Å². The summed E-state index contributed by atoms with van der Waals surface area (Å²) in [4.78, 5) is 9.35. The number of ether oxygens (including phenoxy) is 1. The number of nitrogens with zero attached hydrogens (tertiary/aromatic N) is 2. The number of amidine groups is 1. The number of rotatable bonds is 4. The zero-order valence-corrected chi connectivity index (χ0v) is 16.5. The lowest BCUT2D eigenvalue weighted by molar-refractivity contribution is 0.106. The summed E-state index contributed by atoms with van der Waals surface area (Å²) in [6.07, 6.45) is 2.34. The van der Waals surface area contributed by atoms with Crippen LogP contribution >= 0.6 is 12.4 Å². The molecule has 2 heterocycles. The average Bonchev–Trinajstić information content (AvgIpc) is 3.41. The maximum absolute atomic E-state index is 5.92. The van der Waals surface area contributed by atoms with E-state index in [2.05, 4.69) is 22.4 Å². The highest BCUT2D eigenvalue weighted by Gasteiger charge is 2.31. The summed E-state index contributed by atoms with van der Waals surface area (Å²) in [5.74, 6) is 1.87. The van der Waals surface area contributed by atoms with Crippen molar-refractivity contribution in [2.75, 3.05) is 18.5 Å². The number of hydrogen-bond donors (Lipinski definition) is 2. The molecule has 3 aromatic rings. The number of fused-ring (bicyclic) bond motifs is 1. The quantitative estimate of drug-likeness (QED) is 0.677. The standard InChI is InChI=1S/C21H22N4O2.ClH/c1-21(12-26-11-18(22)25-21)14-4-2-5-15(10-14)23-16-6-3-7-17-19(16)24-20(27-17)13-8-9-13;/h2-7,10,13,23H,8-9,11-12H2,1H3,(H2,22,25);1H. The molecule has 0 bridgehead atoms. The van der Waals surface area contributed by atoms with Crippen LogP contribution in [0.5, 0.6) is 0 Å². The predicted molar refractivity (Wildman–Crippen MR) is 113 cm³/mol. The molecule has 1 saturated carbocycles. The SMILES string of the molecule is CC1(c2cccc(Nc3cccc4oc(C5CC5)nc34)c2)COCC(N)=N1.Cl. The Morgan fingerprint density at radius 3 is 2.79 bits per heavy atom. The second-order valence-corrected chi connectivity index (χ2v) is 7.55. The van der Waals surface area contributed by atoms with Gasteiger partial charge in [0.2, 0.25) is 0 Å². The topological polar surface area (TPSA) is 85.7 Å². The Labute approximate surface area is 169 Å². The van der Waals surface area contributed by atoms with Crippen LogP contribution < -0.4 is 11.1 Å². The molecule has 3 N–H and O–H groups in total. The number of para-hydroxylation sites is 1. The van der Waals surface area contributed by atoms with Crippen LogP contribution in [-0.2, 0) is 10.3 Å². The van der Waals surface area contributed by atoms with Crippen LogP contribution in [0.3, 0.4) is 0 Å². The number of aromatic nitrogens is 1. The molecule has 1 aliphatic heterocycles. The fraction of sp³-hybridized carbons (Fsp3) is 0.333. The smallest absolute Gasteiger partial charge is 0.198 e. The lowest BCUT2D eigenvalue weighted by Crippen LogP contribution is -2.37. The van der Waals surface area contributed by atoms with Gasteiger partial charge in [0.25, 0.3) is 0 Å². The van der Waals surface area contributed by atoms with Gasteiger partial charge in [0.15, 0.2) is 11.5 Å². The Hall–Kier alpha value is -2.57. The first-order chi connectivity index (χ1) is 13.1. The molecule has 0 saturated heterocycles. The Kier molecular flexibility index (Phi) is 4.77. The number of hydrogen-bond acceptors (Lipinski definition) is 6. The van der Waals surface area contributed by atoms with Crippen LogP contribution in [0.1, 0.15) is 37.1 Å². The van der Waals surface area contributed by atoms with Gasteiger partial charge in [0.1, 0.15) is 23.5 Å². The molecule has 2 aromatic carbocycles. The van der Waals surface area contributed by atoms with Crippen LogP contribution in [-0.4, -0.2) is 24.0 Å². The molecule has 0 spiro atoms. The monoisotopic (exact) mass is 398 g/mol. The zero-order valence-electron chi connectivity index (χ0n) is 15.6. The van der Waals surface area contributed by atoms with Crippen LogP contribution in [0.2, 0.25) is 0 Å². The molecule has 0 radical (unpaired) electrons. The fourth-order valence-corrected chi connectivity index (χ4v) is 3.54. The third-order valence-electron chi connectivity index (χ3n) is 5.15. The predicted octanol–water partition coefficient (Wildman–Crippen LogP) is 4.47. The number of nitrogens with two attached hydrogens (primary N) is 1. The maximum atomic E-state index is 5.92. The van der Waals surface area contributed by atoms with E-state index < -0.39 is 5.54 Å². The molecule has 146 valence electrons. The highest BCUT2D eigenvalue weighted by atomic mass is 35.5. The maximum Gasteiger partial charge on any atom is 0.198 e. The van der Waals surface area contributed by atoms with E-state index in [9.17, 15) is 0 Å². The highest BCUT2D eigenvalue weighted by Crippen LogP contribution is 2.41. The number of anilines is 2. The Morgan fingerprint density at radius 1 is 1.18 bits per heavy atom. The summed E-state index contributed by atoms with van der Waals surface area (Å²) < 4.78 is 11.5. The summed E-state index contributed by atoms with van der Waals surface area (Å²) in [5.41, 5.74) is 10.1. The summed E-state index contributed by atoms with van der Waals surface area (Å²) in [6.45, 7) is 2.95. The van der Waals surface area contributed by atoms with Gasteiger partial charge in [0, 0.05) is 11.6 Å². The fourth-order valence-electron chi connectivity index (χ4n) is 3.54. The van der Waals surface area contributed by atoms with Crippen molar-refractivity contribution in [2.24, 2.45) is 10.7 Å². The van der Waals surface area contributed by atoms with Gasteiger partial charge in [-0.1, -0.05) is 18.2 Å². The number of nitrogens with one attached hydrogen (secondary N) is 1. The van der Waals surface area contributed by atoms with Gasteiger partial charge in [-0.3, -0.25) is 4.99 Å². The van der Waals surface area contributed by atoms with E-state index in [-0.39, 0.29) is 12.4 Å². The number of halogens is 1. The largest absolute Gasteiger partial charge is 0.440 e. The normalized spacial score (nSPS) is 21.8.